The van der Waals surface area contributed by atoms with Crippen molar-refractivity contribution in [2.45, 2.75) is 18.6 Å². The van der Waals surface area contributed by atoms with Crippen LogP contribution in [0, 0.1) is 11.3 Å². The number of aliphatic hydroxyl groups is 1. The summed E-state index contributed by atoms with van der Waals surface area (Å²) in [7, 11) is 0. The highest BCUT2D eigenvalue weighted by Crippen LogP contribution is 2.18. The molecule has 0 fully saturated rings. The molecule has 0 aliphatic carbocycles. The molecule has 0 heterocycles. The van der Waals surface area contributed by atoms with Crippen LogP contribution in [-0.4, -0.2) is 42.0 Å². The van der Waals surface area contributed by atoms with Gasteiger partial charge in [-0.15, -0.1) is 0 Å². The number of benzene rings is 2. The minimum atomic E-state index is -1.52. The summed E-state index contributed by atoms with van der Waals surface area (Å²) in [6.45, 7) is -0.525. The number of aliphatic hydroxyl groups excluding tert-OH is 1. The number of hydrogen-bond acceptors (Lipinski definition) is 5. The maximum absolute atomic E-state index is 12.6. The van der Waals surface area contributed by atoms with E-state index in [1.807, 2.05) is 6.07 Å². The van der Waals surface area contributed by atoms with Gasteiger partial charge in [-0.25, -0.2) is 0 Å². The molecule has 156 valence electrons. The first-order valence-corrected chi connectivity index (χ1v) is 9.47. The Kier molecular flexibility index (Phi) is 8.81. The zero-order valence-electron chi connectivity index (χ0n) is 16.0. The van der Waals surface area contributed by atoms with E-state index in [9.17, 15) is 19.5 Å². The third-order valence-electron chi connectivity index (χ3n) is 4.12. The molecule has 2 rings (SSSR count). The molecule has 0 saturated carbocycles. The maximum Gasteiger partial charge on any atom is 0.254 e. The Morgan fingerprint density at radius 3 is 2.43 bits per heavy atom. The number of nitrogens with zero attached hydrogens (tertiary/aromatic N) is 1. The molecule has 3 amide bonds. The average Bonchev–Trinajstić information content (AvgIpc) is 2.75. The molecular formula is C21H21ClN4O4. The quantitative estimate of drug-likeness (QED) is 0.440. The highest BCUT2D eigenvalue weighted by molar-refractivity contribution is 6.30. The topological polar surface area (TPSA) is 131 Å². The fraction of sp³-hybridized carbons (Fsp3) is 0.238. The fourth-order valence-electron chi connectivity index (χ4n) is 2.63. The van der Waals surface area contributed by atoms with Gasteiger partial charge in [0.15, 0.2) is 6.10 Å². The molecule has 0 bridgehead atoms. The SMILES string of the molecule is N#CCNC(=O)CNC(=O)[C@H](Cc1ccccc1)NC(=O)[C@@H](O)c1cccc(Cl)c1. The molecule has 0 aliphatic heterocycles. The third kappa shape index (κ3) is 7.20. The molecule has 8 nitrogen and oxygen atoms in total. The Bertz CT molecular complexity index is 930. The zero-order chi connectivity index (χ0) is 21.9. The second-order valence-electron chi connectivity index (χ2n) is 6.36. The van der Waals surface area contributed by atoms with Crippen molar-refractivity contribution in [2.24, 2.45) is 0 Å². The fourth-order valence-corrected chi connectivity index (χ4v) is 2.83. The summed E-state index contributed by atoms with van der Waals surface area (Å²) in [5, 5.41) is 26.4. The monoisotopic (exact) mass is 428 g/mol. The van der Waals surface area contributed by atoms with Crippen molar-refractivity contribution in [2.75, 3.05) is 13.1 Å². The van der Waals surface area contributed by atoms with Gasteiger partial charge in [0.25, 0.3) is 5.91 Å². The molecule has 2 atom stereocenters. The summed E-state index contributed by atoms with van der Waals surface area (Å²) >= 11 is 5.90. The summed E-state index contributed by atoms with van der Waals surface area (Å²) in [6, 6.07) is 15.9. The Labute approximate surface area is 178 Å². The number of carbonyl (C=O) groups excluding carboxylic acids is 3. The van der Waals surface area contributed by atoms with Crippen molar-refractivity contribution in [3.8, 4) is 6.07 Å². The number of hydrogen-bond donors (Lipinski definition) is 4. The number of nitrogens with one attached hydrogen (secondary N) is 3. The number of rotatable bonds is 9. The van der Waals surface area contributed by atoms with E-state index in [0.717, 1.165) is 5.56 Å². The van der Waals surface area contributed by atoms with E-state index in [1.54, 1.807) is 48.5 Å². The van der Waals surface area contributed by atoms with E-state index in [0.29, 0.717) is 5.02 Å². The second-order valence-corrected chi connectivity index (χ2v) is 6.80. The Balaban J connectivity index is 2.08. The lowest BCUT2D eigenvalue weighted by atomic mass is 10.0. The smallest absolute Gasteiger partial charge is 0.254 e. The van der Waals surface area contributed by atoms with Gasteiger partial charge in [-0.1, -0.05) is 54.1 Å². The average molecular weight is 429 g/mol. The number of carbonyl (C=O) groups is 3. The molecule has 0 aromatic heterocycles. The van der Waals surface area contributed by atoms with Crippen molar-refractivity contribution >= 4 is 29.3 Å². The van der Waals surface area contributed by atoms with Gasteiger partial charge >= 0.3 is 0 Å². The lowest BCUT2D eigenvalue weighted by molar-refractivity contribution is -0.134. The van der Waals surface area contributed by atoms with Gasteiger partial charge in [-0.3, -0.25) is 14.4 Å². The first kappa shape index (κ1) is 22.9. The van der Waals surface area contributed by atoms with E-state index in [2.05, 4.69) is 16.0 Å². The van der Waals surface area contributed by atoms with Crippen LogP contribution in [0.1, 0.15) is 17.2 Å². The van der Waals surface area contributed by atoms with Crippen LogP contribution in [0.4, 0.5) is 0 Å². The molecule has 0 radical (unpaired) electrons. The van der Waals surface area contributed by atoms with Gasteiger partial charge in [0.2, 0.25) is 11.8 Å². The molecule has 2 aromatic carbocycles. The highest BCUT2D eigenvalue weighted by Gasteiger charge is 2.26. The lowest BCUT2D eigenvalue weighted by Crippen LogP contribution is -2.51. The lowest BCUT2D eigenvalue weighted by Gasteiger charge is -2.20. The van der Waals surface area contributed by atoms with Crippen LogP contribution < -0.4 is 16.0 Å². The molecule has 0 spiro atoms. The minimum Gasteiger partial charge on any atom is -0.378 e. The number of nitriles is 1. The molecule has 0 aliphatic rings. The van der Waals surface area contributed by atoms with Crippen molar-refractivity contribution in [1.82, 2.24) is 16.0 Å². The molecule has 2 aromatic rings. The van der Waals surface area contributed by atoms with Crippen LogP contribution in [0.5, 0.6) is 0 Å². The largest absolute Gasteiger partial charge is 0.378 e. The van der Waals surface area contributed by atoms with Crippen molar-refractivity contribution in [3.05, 3.63) is 70.7 Å². The minimum absolute atomic E-state index is 0.153. The van der Waals surface area contributed by atoms with E-state index < -0.39 is 29.9 Å². The van der Waals surface area contributed by atoms with Crippen LogP contribution in [0.15, 0.2) is 54.6 Å². The standard InChI is InChI=1S/C21H21ClN4O4/c22-16-8-4-7-15(12-16)19(28)21(30)26-17(11-14-5-2-1-3-6-14)20(29)25-13-18(27)24-10-9-23/h1-8,12,17,19,28H,10-11,13H2,(H,24,27)(H,25,29)(H,26,30)/t17-,19-/m0/s1. The van der Waals surface area contributed by atoms with Crippen LogP contribution >= 0.6 is 11.6 Å². The van der Waals surface area contributed by atoms with Crippen molar-refractivity contribution in [3.63, 3.8) is 0 Å². The van der Waals surface area contributed by atoms with Crippen LogP contribution in [0.25, 0.3) is 0 Å². The number of amides is 3. The Hall–Kier alpha value is -3.41. The van der Waals surface area contributed by atoms with E-state index in [-0.39, 0.29) is 25.1 Å². The maximum atomic E-state index is 12.6. The van der Waals surface area contributed by atoms with Crippen molar-refractivity contribution in [1.29, 1.82) is 5.26 Å². The Morgan fingerprint density at radius 2 is 1.77 bits per heavy atom. The van der Waals surface area contributed by atoms with Gasteiger partial charge in [0.1, 0.15) is 12.6 Å². The summed E-state index contributed by atoms with van der Waals surface area (Å²) in [5.41, 5.74) is 1.07. The van der Waals surface area contributed by atoms with Gasteiger partial charge in [0.05, 0.1) is 12.6 Å². The summed E-state index contributed by atoms with van der Waals surface area (Å²) in [6.07, 6.45) is -1.37. The predicted molar refractivity (Wildman–Crippen MR) is 110 cm³/mol. The first-order valence-electron chi connectivity index (χ1n) is 9.10. The van der Waals surface area contributed by atoms with E-state index >= 15 is 0 Å². The normalized spacial score (nSPS) is 12.2. The van der Waals surface area contributed by atoms with Crippen molar-refractivity contribution < 1.29 is 19.5 Å². The molecule has 30 heavy (non-hydrogen) atoms. The van der Waals surface area contributed by atoms with Gasteiger partial charge in [-0.05, 0) is 23.3 Å². The third-order valence-corrected chi connectivity index (χ3v) is 4.35. The van der Waals surface area contributed by atoms with E-state index in [1.165, 1.54) is 6.07 Å². The summed E-state index contributed by atoms with van der Waals surface area (Å²) in [4.78, 5) is 36.8. The molecule has 9 heteroatoms. The molecule has 4 N–H and O–H groups in total. The van der Waals surface area contributed by atoms with Gasteiger partial charge in [0, 0.05) is 11.4 Å². The first-order chi connectivity index (χ1) is 14.4. The second kappa shape index (κ2) is 11.6. The van der Waals surface area contributed by atoms with Crippen LogP contribution in [0.3, 0.4) is 0 Å². The molecule has 0 unspecified atom stereocenters. The van der Waals surface area contributed by atoms with Crippen LogP contribution in [0.2, 0.25) is 5.02 Å². The molecular weight excluding hydrogens is 408 g/mol. The predicted octanol–water partition coefficient (Wildman–Crippen LogP) is 0.857. The van der Waals surface area contributed by atoms with Crippen LogP contribution in [-0.2, 0) is 20.8 Å². The van der Waals surface area contributed by atoms with Gasteiger partial charge < -0.3 is 21.1 Å². The van der Waals surface area contributed by atoms with E-state index in [4.69, 9.17) is 16.9 Å². The Morgan fingerprint density at radius 1 is 1.03 bits per heavy atom. The zero-order valence-corrected chi connectivity index (χ0v) is 16.7. The number of halogens is 1. The van der Waals surface area contributed by atoms with Gasteiger partial charge in [-0.2, -0.15) is 5.26 Å². The summed E-state index contributed by atoms with van der Waals surface area (Å²) < 4.78 is 0. The summed E-state index contributed by atoms with van der Waals surface area (Å²) in [5.74, 6) is -1.91. The highest BCUT2D eigenvalue weighted by atomic mass is 35.5. The molecule has 0 saturated heterocycles.